The molecule has 102 valence electrons. The van der Waals surface area contributed by atoms with Crippen LogP contribution < -0.4 is 11.1 Å². The third kappa shape index (κ3) is 5.50. The molecular formula is C15H27N3. The van der Waals surface area contributed by atoms with Gasteiger partial charge in [-0.05, 0) is 50.3 Å². The van der Waals surface area contributed by atoms with E-state index in [2.05, 4.69) is 24.1 Å². The molecule has 0 fully saturated rings. The van der Waals surface area contributed by atoms with Gasteiger partial charge in [0, 0.05) is 24.1 Å². The fourth-order valence-electron chi connectivity index (χ4n) is 2.23. The van der Waals surface area contributed by atoms with E-state index in [0.717, 1.165) is 18.7 Å². The van der Waals surface area contributed by atoms with Gasteiger partial charge in [-0.3, -0.25) is 4.98 Å². The normalized spacial score (nSPS) is 12.6. The predicted octanol–water partition coefficient (Wildman–Crippen LogP) is 3.15. The molecule has 0 saturated heterocycles. The quantitative estimate of drug-likeness (QED) is 0.707. The highest BCUT2D eigenvalue weighted by atomic mass is 14.9. The molecule has 0 radical (unpaired) electrons. The van der Waals surface area contributed by atoms with Crippen molar-refractivity contribution < 1.29 is 0 Å². The van der Waals surface area contributed by atoms with Crippen LogP contribution in [0.3, 0.4) is 0 Å². The van der Waals surface area contributed by atoms with Crippen LogP contribution in [0.15, 0.2) is 18.5 Å². The van der Waals surface area contributed by atoms with Crippen molar-refractivity contribution in [3.8, 4) is 0 Å². The van der Waals surface area contributed by atoms with Crippen LogP contribution in [0.25, 0.3) is 0 Å². The molecule has 1 rings (SSSR count). The summed E-state index contributed by atoms with van der Waals surface area (Å²) >= 11 is 0. The summed E-state index contributed by atoms with van der Waals surface area (Å²) in [7, 11) is 0. The summed E-state index contributed by atoms with van der Waals surface area (Å²) in [6.07, 6.45) is 10.8. The summed E-state index contributed by atoms with van der Waals surface area (Å²) in [5.41, 5.74) is 7.98. The van der Waals surface area contributed by atoms with Gasteiger partial charge in [-0.2, -0.15) is 0 Å². The van der Waals surface area contributed by atoms with Gasteiger partial charge in [0.05, 0.1) is 0 Å². The monoisotopic (exact) mass is 249 g/mol. The summed E-state index contributed by atoms with van der Waals surface area (Å²) in [5, 5.41) is 3.62. The molecule has 0 aromatic carbocycles. The number of nitrogen functional groups attached to an aromatic ring is 1. The predicted molar refractivity (Wildman–Crippen MR) is 78.6 cm³/mol. The maximum atomic E-state index is 5.92. The number of nitrogens with one attached hydrogen (secondary N) is 1. The van der Waals surface area contributed by atoms with Gasteiger partial charge >= 0.3 is 0 Å². The van der Waals surface area contributed by atoms with Crippen molar-refractivity contribution in [2.75, 3.05) is 12.3 Å². The van der Waals surface area contributed by atoms with Crippen LogP contribution in [0, 0.1) is 0 Å². The van der Waals surface area contributed by atoms with Crippen LogP contribution in [-0.2, 0) is 6.42 Å². The van der Waals surface area contributed by atoms with Crippen LogP contribution >= 0.6 is 0 Å². The molecule has 0 spiro atoms. The van der Waals surface area contributed by atoms with Gasteiger partial charge in [0.15, 0.2) is 0 Å². The first-order chi connectivity index (χ1) is 8.77. The Kier molecular flexibility index (Phi) is 7.42. The molecule has 3 N–H and O–H groups in total. The second-order valence-electron chi connectivity index (χ2n) is 4.91. The fraction of sp³-hybridized carbons (Fsp3) is 0.667. The van der Waals surface area contributed by atoms with E-state index in [-0.39, 0.29) is 0 Å². The van der Waals surface area contributed by atoms with E-state index in [4.69, 9.17) is 5.73 Å². The van der Waals surface area contributed by atoms with Crippen molar-refractivity contribution in [3.05, 3.63) is 24.0 Å². The van der Waals surface area contributed by atoms with E-state index in [0.29, 0.717) is 6.04 Å². The number of aryl methyl sites for hydroxylation is 1. The highest BCUT2D eigenvalue weighted by molar-refractivity contribution is 5.44. The molecule has 1 aromatic rings. The summed E-state index contributed by atoms with van der Waals surface area (Å²) in [6, 6.07) is 2.54. The van der Waals surface area contributed by atoms with Gasteiger partial charge in [0.1, 0.15) is 0 Å². The molecule has 1 atom stereocenters. The van der Waals surface area contributed by atoms with Crippen LogP contribution in [0.5, 0.6) is 0 Å². The Morgan fingerprint density at radius 3 is 2.78 bits per heavy atom. The van der Waals surface area contributed by atoms with Gasteiger partial charge in [0.2, 0.25) is 0 Å². The second kappa shape index (κ2) is 8.92. The Labute approximate surface area is 111 Å². The number of pyridine rings is 1. The minimum atomic E-state index is 0.660. The zero-order chi connectivity index (χ0) is 13.2. The average Bonchev–Trinajstić information content (AvgIpc) is 2.38. The molecule has 0 aliphatic rings. The Morgan fingerprint density at radius 2 is 2.11 bits per heavy atom. The minimum absolute atomic E-state index is 0.660. The Balaban J connectivity index is 2.31. The lowest BCUT2D eigenvalue weighted by Gasteiger charge is -2.17. The first-order valence-electron chi connectivity index (χ1n) is 7.19. The third-order valence-electron chi connectivity index (χ3n) is 3.26. The Bertz CT molecular complexity index is 325. The van der Waals surface area contributed by atoms with Crippen LogP contribution in [0.2, 0.25) is 0 Å². The minimum Gasteiger partial charge on any atom is -0.398 e. The van der Waals surface area contributed by atoms with Gasteiger partial charge in [-0.25, -0.2) is 0 Å². The van der Waals surface area contributed by atoms with E-state index in [1.807, 2.05) is 12.3 Å². The zero-order valence-electron chi connectivity index (χ0n) is 11.8. The smallest absolute Gasteiger partial charge is 0.0377 e. The largest absolute Gasteiger partial charge is 0.398 e. The molecule has 0 aliphatic heterocycles. The first-order valence-corrected chi connectivity index (χ1v) is 7.19. The number of hydrogen-bond acceptors (Lipinski definition) is 3. The topological polar surface area (TPSA) is 50.9 Å². The first kappa shape index (κ1) is 15.0. The van der Waals surface area contributed by atoms with E-state index < -0.39 is 0 Å². The summed E-state index contributed by atoms with van der Waals surface area (Å²) in [5.74, 6) is 0. The number of nitrogens with zero attached hydrogens (tertiary/aromatic N) is 1. The molecule has 3 nitrogen and oxygen atoms in total. The average molecular weight is 249 g/mol. The molecule has 0 saturated carbocycles. The lowest BCUT2D eigenvalue weighted by atomic mass is 10.0. The molecule has 0 amide bonds. The third-order valence-corrected chi connectivity index (χ3v) is 3.26. The Morgan fingerprint density at radius 1 is 1.28 bits per heavy atom. The van der Waals surface area contributed by atoms with Crippen LogP contribution in [0.4, 0.5) is 5.69 Å². The van der Waals surface area contributed by atoms with Crippen molar-refractivity contribution in [1.29, 1.82) is 0 Å². The molecule has 18 heavy (non-hydrogen) atoms. The van der Waals surface area contributed by atoms with Crippen LogP contribution in [0.1, 0.15) is 51.5 Å². The maximum Gasteiger partial charge on any atom is 0.0377 e. The summed E-state index contributed by atoms with van der Waals surface area (Å²) in [4.78, 5) is 4.13. The summed E-state index contributed by atoms with van der Waals surface area (Å²) < 4.78 is 0. The molecule has 1 unspecified atom stereocenters. The standard InChI is InChI=1S/C15H27N3/c1-3-6-14(18-10-4-2)8-5-7-13-12-17-11-9-15(13)16/h9,11-12,14,18H,3-8,10H2,1-2H3,(H2,16,17). The second-order valence-corrected chi connectivity index (χ2v) is 4.91. The van der Waals surface area contributed by atoms with E-state index in [1.54, 1.807) is 6.20 Å². The number of rotatable bonds is 9. The van der Waals surface area contributed by atoms with Crippen LogP contribution in [-0.4, -0.2) is 17.6 Å². The zero-order valence-corrected chi connectivity index (χ0v) is 11.8. The molecule has 0 aliphatic carbocycles. The highest BCUT2D eigenvalue weighted by Crippen LogP contribution is 2.14. The van der Waals surface area contributed by atoms with Gasteiger partial charge in [-0.15, -0.1) is 0 Å². The Hall–Kier alpha value is -1.09. The van der Waals surface area contributed by atoms with Crippen molar-refractivity contribution >= 4 is 5.69 Å². The number of hydrogen-bond donors (Lipinski definition) is 2. The maximum absolute atomic E-state index is 5.92. The number of anilines is 1. The molecule has 1 aromatic heterocycles. The van der Waals surface area contributed by atoms with Crippen molar-refractivity contribution in [1.82, 2.24) is 10.3 Å². The number of aromatic nitrogens is 1. The van der Waals surface area contributed by atoms with Crippen molar-refractivity contribution in [2.24, 2.45) is 0 Å². The van der Waals surface area contributed by atoms with Gasteiger partial charge in [-0.1, -0.05) is 20.3 Å². The molecule has 0 bridgehead atoms. The van der Waals surface area contributed by atoms with Crippen molar-refractivity contribution in [3.63, 3.8) is 0 Å². The van der Waals surface area contributed by atoms with E-state index >= 15 is 0 Å². The molecule has 1 heterocycles. The highest BCUT2D eigenvalue weighted by Gasteiger charge is 2.07. The fourth-order valence-corrected chi connectivity index (χ4v) is 2.23. The van der Waals surface area contributed by atoms with Crippen molar-refractivity contribution in [2.45, 2.75) is 58.4 Å². The summed E-state index contributed by atoms with van der Waals surface area (Å²) in [6.45, 7) is 5.59. The lowest BCUT2D eigenvalue weighted by molar-refractivity contribution is 0.438. The lowest BCUT2D eigenvalue weighted by Crippen LogP contribution is -2.29. The van der Waals surface area contributed by atoms with Gasteiger partial charge in [0.25, 0.3) is 0 Å². The number of nitrogens with two attached hydrogens (primary N) is 1. The van der Waals surface area contributed by atoms with E-state index in [1.165, 1.54) is 37.7 Å². The van der Waals surface area contributed by atoms with E-state index in [9.17, 15) is 0 Å². The molecule has 3 heteroatoms. The SMILES string of the molecule is CCCNC(CCC)CCCc1cnccc1N. The molecular weight excluding hydrogens is 222 g/mol. The van der Waals surface area contributed by atoms with Gasteiger partial charge < -0.3 is 11.1 Å².